The summed E-state index contributed by atoms with van der Waals surface area (Å²) in [5, 5.41) is 1.01. The van der Waals surface area contributed by atoms with Crippen LogP contribution in [-0.2, 0) is 0 Å². The maximum Gasteiger partial charge on any atom is 0.305 e. The summed E-state index contributed by atoms with van der Waals surface area (Å²) >= 11 is 17.7. The lowest BCUT2D eigenvalue weighted by atomic mass is 10.3. The molecule has 0 spiro atoms. The summed E-state index contributed by atoms with van der Waals surface area (Å²) in [5.41, 5.74) is 5.43. The number of benzene rings is 1. The Morgan fingerprint density at radius 3 is 2.32 bits per heavy atom. The van der Waals surface area contributed by atoms with Crippen molar-refractivity contribution in [3.63, 3.8) is 0 Å². The van der Waals surface area contributed by atoms with E-state index in [0.29, 0.717) is 26.5 Å². The summed E-state index contributed by atoms with van der Waals surface area (Å²) in [7, 11) is 0. The molecule has 100 valence electrons. The molecule has 2 N–H and O–H groups in total. The van der Waals surface area contributed by atoms with E-state index in [1.54, 1.807) is 19.1 Å². The number of aryl methyl sites for hydroxylation is 1. The lowest BCUT2D eigenvalue weighted by Gasteiger charge is -2.11. The molecule has 1 amide bonds. The number of rotatable bonds is 3. The third kappa shape index (κ3) is 3.35. The molecule has 1 aromatic heterocycles. The molecular weight excluding hydrogens is 311 g/mol. The number of halogens is 3. The number of amides is 1. The van der Waals surface area contributed by atoms with Crippen LogP contribution in [0.1, 0.15) is 16.3 Å². The van der Waals surface area contributed by atoms with E-state index in [9.17, 15) is 4.79 Å². The van der Waals surface area contributed by atoms with E-state index in [1.165, 1.54) is 12.1 Å². The fourth-order valence-corrected chi connectivity index (χ4v) is 2.31. The Kier molecular flexibility index (Phi) is 4.24. The van der Waals surface area contributed by atoms with Gasteiger partial charge in [-0.2, -0.15) is 0 Å². The highest BCUT2D eigenvalue weighted by molar-refractivity contribution is 6.41. The van der Waals surface area contributed by atoms with Crippen LogP contribution >= 0.6 is 34.8 Å². The van der Waals surface area contributed by atoms with Crippen molar-refractivity contribution in [2.45, 2.75) is 6.92 Å². The summed E-state index contributed by atoms with van der Waals surface area (Å²) < 4.78 is 5.17. The maximum absolute atomic E-state index is 11.7. The third-order valence-electron chi connectivity index (χ3n) is 2.27. The van der Waals surface area contributed by atoms with Crippen molar-refractivity contribution in [2.24, 2.45) is 0 Å². The third-order valence-corrected chi connectivity index (χ3v) is 3.09. The molecule has 0 atom stereocenters. The van der Waals surface area contributed by atoms with Crippen LogP contribution in [0.5, 0.6) is 0 Å². The van der Waals surface area contributed by atoms with Gasteiger partial charge in [0.2, 0.25) is 0 Å². The Balaban J connectivity index is 2.09. The average Bonchev–Trinajstić information content (AvgIpc) is 2.74. The lowest BCUT2D eigenvalue weighted by Crippen LogP contribution is -2.29. The Bertz CT molecular complexity index is 602. The largest absolute Gasteiger partial charge is 0.456 e. The van der Waals surface area contributed by atoms with E-state index in [1.807, 2.05) is 0 Å². The second kappa shape index (κ2) is 5.74. The molecule has 0 saturated heterocycles. The Morgan fingerprint density at radius 2 is 1.79 bits per heavy atom. The minimum atomic E-state index is -0.435. The summed E-state index contributed by atoms with van der Waals surface area (Å²) in [5.74, 6) is 0.397. The molecule has 0 aliphatic rings. The molecule has 0 radical (unpaired) electrons. The van der Waals surface area contributed by atoms with E-state index in [4.69, 9.17) is 39.2 Å². The number of carbonyl (C=O) groups excluding carboxylic acids is 1. The molecule has 0 fully saturated rings. The summed E-state index contributed by atoms with van der Waals surface area (Å²) in [6.45, 7) is 1.75. The first-order valence-electron chi connectivity index (χ1n) is 5.24. The van der Waals surface area contributed by atoms with Gasteiger partial charge in [0.25, 0.3) is 0 Å². The summed E-state index contributed by atoms with van der Waals surface area (Å²) in [4.78, 5) is 11.7. The van der Waals surface area contributed by atoms with Crippen molar-refractivity contribution in [3.8, 4) is 0 Å². The minimum absolute atomic E-state index is 0.186. The van der Waals surface area contributed by atoms with Gasteiger partial charge in [-0.3, -0.25) is 15.6 Å². The number of carbonyl (C=O) groups is 1. The topological polar surface area (TPSA) is 54.3 Å². The number of hydrogen-bond donors (Lipinski definition) is 2. The van der Waals surface area contributed by atoms with Gasteiger partial charge in [-0.25, -0.2) is 0 Å². The standard InChI is InChI=1S/C12H9Cl3N2O2/c1-6-2-3-10(19-6)12(18)17-16-11-8(14)4-7(13)5-9(11)15/h2-5,16H,1H3,(H,17,18). The number of furan rings is 1. The predicted molar refractivity (Wildman–Crippen MR) is 76.0 cm³/mol. The van der Waals surface area contributed by atoms with Crippen LogP contribution in [0.2, 0.25) is 15.1 Å². The predicted octanol–water partition coefficient (Wildman–Crippen LogP) is 4.31. The number of nitrogens with one attached hydrogen (secondary N) is 2. The van der Waals surface area contributed by atoms with Gasteiger partial charge in [-0.15, -0.1) is 0 Å². The molecule has 19 heavy (non-hydrogen) atoms. The van der Waals surface area contributed by atoms with Crippen molar-refractivity contribution < 1.29 is 9.21 Å². The smallest absolute Gasteiger partial charge is 0.305 e. The van der Waals surface area contributed by atoms with Crippen LogP contribution in [-0.4, -0.2) is 5.91 Å². The normalized spacial score (nSPS) is 10.3. The molecular formula is C12H9Cl3N2O2. The molecule has 0 unspecified atom stereocenters. The van der Waals surface area contributed by atoms with E-state index in [2.05, 4.69) is 10.9 Å². The van der Waals surface area contributed by atoms with E-state index in [0.717, 1.165) is 0 Å². The molecule has 4 nitrogen and oxygen atoms in total. The Labute approximate surface area is 124 Å². The average molecular weight is 320 g/mol. The van der Waals surface area contributed by atoms with Gasteiger partial charge < -0.3 is 4.42 Å². The van der Waals surface area contributed by atoms with Crippen LogP contribution in [0, 0.1) is 6.92 Å². The SMILES string of the molecule is Cc1ccc(C(=O)NNc2c(Cl)cc(Cl)cc2Cl)o1. The fraction of sp³-hybridized carbons (Fsp3) is 0.0833. The molecule has 1 heterocycles. The van der Waals surface area contributed by atoms with Crippen molar-refractivity contribution in [1.82, 2.24) is 5.43 Å². The zero-order valence-electron chi connectivity index (χ0n) is 9.76. The highest BCUT2D eigenvalue weighted by Gasteiger charge is 2.12. The quantitative estimate of drug-likeness (QED) is 0.829. The van der Waals surface area contributed by atoms with Crippen molar-refractivity contribution >= 4 is 46.4 Å². The molecule has 1 aromatic carbocycles. The van der Waals surface area contributed by atoms with E-state index >= 15 is 0 Å². The molecule has 0 bridgehead atoms. The van der Waals surface area contributed by atoms with Crippen LogP contribution < -0.4 is 10.9 Å². The lowest BCUT2D eigenvalue weighted by molar-refractivity contribution is 0.0934. The van der Waals surface area contributed by atoms with Gasteiger partial charge in [0.1, 0.15) is 5.76 Å². The second-order valence-corrected chi connectivity index (χ2v) is 4.98. The Hall–Kier alpha value is -1.36. The first-order chi connectivity index (χ1) is 8.97. The van der Waals surface area contributed by atoms with Gasteiger partial charge in [0.15, 0.2) is 5.76 Å². The van der Waals surface area contributed by atoms with Crippen molar-refractivity contribution in [3.05, 3.63) is 50.9 Å². The first kappa shape index (κ1) is 14.1. The monoisotopic (exact) mass is 318 g/mol. The maximum atomic E-state index is 11.7. The molecule has 2 aromatic rings. The van der Waals surface area contributed by atoms with Crippen molar-refractivity contribution in [2.75, 3.05) is 5.43 Å². The van der Waals surface area contributed by atoms with Gasteiger partial charge in [0, 0.05) is 5.02 Å². The summed E-state index contributed by atoms with van der Waals surface area (Å²) in [6.07, 6.45) is 0. The molecule has 0 aliphatic heterocycles. The fourth-order valence-electron chi connectivity index (χ4n) is 1.40. The summed E-state index contributed by atoms with van der Waals surface area (Å²) in [6, 6.07) is 6.29. The number of anilines is 1. The van der Waals surface area contributed by atoms with Gasteiger partial charge >= 0.3 is 5.91 Å². The first-order valence-corrected chi connectivity index (χ1v) is 6.38. The van der Waals surface area contributed by atoms with Gasteiger partial charge in [0.05, 0.1) is 15.7 Å². The number of hydrogen-bond acceptors (Lipinski definition) is 3. The van der Waals surface area contributed by atoms with Gasteiger partial charge in [-0.1, -0.05) is 34.8 Å². The molecule has 2 rings (SSSR count). The Morgan fingerprint density at radius 1 is 1.16 bits per heavy atom. The number of hydrazine groups is 1. The zero-order valence-corrected chi connectivity index (χ0v) is 12.0. The van der Waals surface area contributed by atoms with E-state index in [-0.39, 0.29) is 5.76 Å². The second-order valence-electron chi connectivity index (χ2n) is 3.73. The minimum Gasteiger partial charge on any atom is -0.456 e. The van der Waals surface area contributed by atoms with Crippen molar-refractivity contribution in [1.29, 1.82) is 0 Å². The van der Waals surface area contributed by atoms with Crippen LogP contribution in [0.3, 0.4) is 0 Å². The molecule has 7 heteroatoms. The van der Waals surface area contributed by atoms with E-state index < -0.39 is 5.91 Å². The highest BCUT2D eigenvalue weighted by Crippen LogP contribution is 2.33. The molecule has 0 aliphatic carbocycles. The zero-order chi connectivity index (χ0) is 14.0. The van der Waals surface area contributed by atoms with Gasteiger partial charge in [-0.05, 0) is 31.2 Å². The van der Waals surface area contributed by atoms with Crippen LogP contribution in [0.25, 0.3) is 0 Å². The van der Waals surface area contributed by atoms with Crippen LogP contribution in [0.15, 0.2) is 28.7 Å². The highest BCUT2D eigenvalue weighted by atomic mass is 35.5. The molecule has 0 saturated carbocycles. The van der Waals surface area contributed by atoms with Crippen LogP contribution in [0.4, 0.5) is 5.69 Å².